The summed E-state index contributed by atoms with van der Waals surface area (Å²) in [5, 5.41) is 8.85. The average Bonchev–Trinajstić information content (AvgIpc) is 2.80. The van der Waals surface area contributed by atoms with Crippen LogP contribution in [0.2, 0.25) is 0 Å². The molecule has 0 radical (unpaired) electrons. The summed E-state index contributed by atoms with van der Waals surface area (Å²) in [4.78, 5) is 36.7. The minimum atomic E-state index is -0.587. The van der Waals surface area contributed by atoms with Gasteiger partial charge in [0.25, 0.3) is 0 Å². The van der Waals surface area contributed by atoms with Crippen molar-refractivity contribution in [3.05, 3.63) is 35.9 Å². The van der Waals surface area contributed by atoms with E-state index in [-0.39, 0.29) is 19.1 Å². The van der Waals surface area contributed by atoms with Crippen molar-refractivity contribution in [2.24, 2.45) is 0 Å². The van der Waals surface area contributed by atoms with Crippen LogP contribution in [0.15, 0.2) is 30.3 Å². The average molecular weight is 508 g/mol. The summed E-state index contributed by atoms with van der Waals surface area (Å²) in [6.07, 6.45) is 1.59. The SMILES string of the molecule is CCCOC(=O)[C@H](CCCCNC(=O)OC(C)(C)C)NC1(CNC(=O)OCc2ccccc2)COC1. The summed E-state index contributed by atoms with van der Waals surface area (Å²) in [6.45, 7) is 9.26. The number of alkyl carbamates (subject to hydrolysis) is 2. The van der Waals surface area contributed by atoms with Crippen molar-refractivity contribution in [3.63, 3.8) is 0 Å². The maximum Gasteiger partial charge on any atom is 0.407 e. The molecule has 202 valence electrons. The zero-order chi connectivity index (χ0) is 26.4. The van der Waals surface area contributed by atoms with E-state index in [0.717, 1.165) is 12.0 Å². The van der Waals surface area contributed by atoms with E-state index in [9.17, 15) is 14.4 Å². The van der Waals surface area contributed by atoms with Gasteiger partial charge in [0, 0.05) is 13.1 Å². The van der Waals surface area contributed by atoms with Gasteiger partial charge in [0.2, 0.25) is 0 Å². The van der Waals surface area contributed by atoms with E-state index in [1.165, 1.54) is 0 Å². The maximum atomic E-state index is 12.7. The Morgan fingerprint density at radius 2 is 1.75 bits per heavy atom. The molecule has 0 saturated carbocycles. The van der Waals surface area contributed by atoms with E-state index in [0.29, 0.717) is 45.6 Å². The van der Waals surface area contributed by atoms with Crippen LogP contribution in [0.5, 0.6) is 0 Å². The third-order valence-electron chi connectivity index (χ3n) is 5.34. The van der Waals surface area contributed by atoms with Gasteiger partial charge >= 0.3 is 18.2 Å². The predicted octanol–water partition coefficient (Wildman–Crippen LogP) is 3.29. The zero-order valence-corrected chi connectivity index (χ0v) is 21.9. The fourth-order valence-electron chi connectivity index (χ4n) is 3.50. The Morgan fingerprint density at radius 1 is 1.03 bits per heavy atom. The van der Waals surface area contributed by atoms with Crippen molar-refractivity contribution < 1.29 is 33.3 Å². The van der Waals surface area contributed by atoms with Gasteiger partial charge in [-0.25, -0.2) is 9.59 Å². The van der Waals surface area contributed by atoms with Crippen LogP contribution < -0.4 is 16.0 Å². The Labute approximate surface area is 213 Å². The normalized spacial score (nSPS) is 15.2. The molecule has 1 aliphatic rings. The molecular weight excluding hydrogens is 466 g/mol. The van der Waals surface area contributed by atoms with Crippen molar-refractivity contribution >= 4 is 18.2 Å². The topological polar surface area (TPSA) is 124 Å². The number of nitrogens with one attached hydrogen (secondary N) is 3. The third-order valence-corrected chi connectivity index (χ3v) is 5.34. The minimum absolute atomic E-state index is 0.174. The molecule has 10 heteroatoms. The lowest BCUT2D eigenvalue weighted by Crippen LogP contribution is -2.69. The van der Waals surface area contributed by atoms with Crippen molar-refractivity contribution in [1.29, 1.82) is 0 Å². The monoisotopic (exact) mass is 507 g/mol. The van der Waals surface area contributed by atoms with Crippen molar-refractivity contribution in [2.45, 2.75) is 77.2 Å². The van der Waals surface area contributed by atoms with Gasteiger partial charge in [-0.1, -0.05) is 37.3 Å². The Hall–Kier alpha value is -2.85. The molecule has 2 amide bonds. The van der Waals surface area contributed by atoms with E-state index >= 15 is 0 Å². The molecule has 0 aliphatic carbocycles. The summed E-state index contributed by atoms with van der Waals surface area (Å²) in [5.74, 6) is -0.338. The van der Waals surface area contributed by atoms with Gasteiger partial charge in [0.1, 0.15) is 18.2 Å². The van der Waals surface area contributed by atoms with Crippen LogP contribution in [0.25, 0.3) is 0 Å². The van der Waals surface area contributed by atoms with Gasteiger partial charge in [-0.3, -0.25) is 10.1 Å². The van der Waals surface area contributed by atoms with Crippen LogP contribution in [0.3, 0.4) is 0 Å². The van der Waals surface area contributed by atoms with E-state index < -0.39 is 29.4 Å². The number of rotatable bonds is 14. The van der Waals surface area contributed by atoms with Crippen LogP contribution in [0.1, 0.15) is 58.9 Å². The molecule has 1 atom stereocenters. The number of hydrogen-bond acceptors (Lipinski definition) is 8. The summed E-state index contributed by atoms with van der Waals surface area (Å²) in [5.41, 5.74) is -0.243. The molecule has 36 heavy (non-hydrogen) atoms. The Morgan fingerprint density at radius 3 is 2.36 bits per heavy atom. The third kappa shape index (κ3) is 11.3. The summed E-state index contributed by atoms with van der Waals surface area (Å²) >= 11 is 0. The van der Waals surface area contributed by atoms with Gasteiger partial charge in [-0.2, -0.15) is 0 Å². The van der Waals surface area contributed by atoms with Crippen molar-refractivity contribution in [2.75, 3.05) is 32.9 Å². The first-order chi connectivity index (χ1) is 17.1. The number of carbonyl (C=O) groups excluding carboxylic acids is 3. The zero-order valence-electron chi connectivity index (χ0n) is 21.9. The highest BCUT2D eigenvalue weighted by Crippen LogP contribution is 2.19. The van der Waals surface area contributed by atoms with Gasteiger partial charge in [0.05, 0.1) is 25.4 Å². The predicted molar refractivity (Wildman–Crippen MR) is 134 cm³/mol. The Balaban J connectivity index is 1.82. The van der Waals surface area contributed by atoms with Gasteiger partial charge < -0.3 is 29.6 Å². The molecule has 0 unspecified atom stereocenters. The number of unbranched alkanes of at least 4 members (excludes halogenated alkanes) is 1. The summed E-state index contributed by atoms with van der Waals surface area (Å²) in [7, 11) is 0. The molecule has 2 rings (SSSR count). The molecule has 1 aromatic carbocycles. The lowest BCUT2D eigenvalue weighted by atomic mass is 9.94. The fourth-order valence-corrected chi connectivity index (χ4v) is 3.50. The lowest BCUT2D eigenvalue weighted by molar-refractivity contribution is -0.150. The lowest BCUT2D eigenvalue weighted by Gasteiger charge is -2.44. The second-order valence-electron chi connectivity index (χ2n) is 9.98. The molecule has 1 fully saturated rings. The molecule has 0 aromatic heterocycles. The molecule has 1 aliphatic heterocycles. The highest BCUT2D eigenvalue weighted by atomic mass is 16.6. The molecule has 1 heterocycles. The maximum absolute atomic E-state index is 12.7. The van der Waals surface area contributed by atoms with Gasteiger partial charge in [0.15, 0.2) is 0 Å². The second kappa shape index (κ2) is 14.6. The molecule has 1 saturated heterocycles. The van der Waals surface area contributed by atoms with Gasteiger partial charge in [-0.05, 0) is 52.0 Å². The first-order valence-corrected chi connectivity index (χ1v) is 12.6. The molecule has 0 bridgehead atoms. The van der Waals surface area contributed by atoms with Crippen LogP contribution in [0.4, 0.5) is 9.59 Å². The molecule has 10 nitrogen and oxygen atoms in total. The second-order valence-corrected chi connectivity index (χ2v) is 9.98. The summed E-state index contributed by atoms with van der Waals surface area (Å²) < 4.78 is 21.3. The highest BCUT2D eigenvalue weighted by Gasteiger charge is 2.42. The number of ether oxygens (including phenoxy) is 4. The number of carbonyl (C=O) groups is 3. The molecule has 0 spiro atoms. The number of hydrogen-bond donors (Lipinski definition) is 3. The molecule has 1 aromatic rings. The van der Waals surface area contributed by atoms with E-state index in [1.807, 2.05) is 58.0 Å². The number of amides is 2. The fraction of sp³-hybridized carbons (Fsp3) is 0.654. The number of benzene rings is 1. The van der Waals surface area contributed by atoms with Crippen LogP contribution in [0, 0.1) is 0 Å². The quantitative estimate of drug-likeness (QED) is 0.199. The highest BCUT2D eigenvalue weighted by molar-refractivity contribution is 5.76. The van der Waals surface area contributed by atoms with Crippen LogP contribution in [-0.2, 0) is 30.3 Å². The summed E-state index contributed by atoms with van der Waals surface area (Å²) in [6, 6.07) is 8.86. The standard InChI is InChI=1S/C26H41N3O7/c1-5-15-34-22(30)21(13-9-10-14-27-24(32)36-25(2,3)4)29-26(18-33-19-26)17-28-23(31)35-16-20-11-7-6-8-12-20/h6-8,11-12,21,29H,5,9-10,13-19H2,1-4H3,(H,27,32)(H,28,31)/t21-/m0/s1. The molecular formula is C26H41N3O7. The minimum Gasteiger partial charge on any atom is -0.465 e. The van der Waals surface area contributed by atoms with Crippen molar-refractivity contribution in [3.8, 4) is 0 Å². The van der Waals surface area contributed by atoms with Crippen LogP contribution >= 0.6 is 0 Å². The number of esters is 1. The van der Waals surface area contributed by atoms with Crippen LogP contribution in [-0.4, -0.2) is 68.2 Å². The van der Waals surface area contributed by atoms with E-state index in [1.54, 1.807) is 0 Å². The van der Waals surface area contributed by atoms with Crippen molar-refractivity contribution in [1.82, 2.24) is 16.0 Å². The Bertz CT molecular complexity index is 823. The van der Waals surface area contributed by atoms with E-state index in [4.69, 9.17) is 18.9 Å². The molecule has 3 N–H and O–H groups in total. The first kappa shape index (κ1) is 29.4. The smallest absolute Gasteiger partial charge is 0.407 e. The Kier molecular flexibility index (Phi) is 12.0. The largest absolute Gasteiger partial charge is 0.465 e. The first-order valence-electron chi connectivity index (χ1n) is 12.6. The van der Waals surface area contributed by atoms with E-state index in [2.05, 4.69) is 16.0 Å². The van der Waals surface area contributed by atoms with Gasteiger partial charge in [-0.15, -0.1) is 0 Å².